The molecule has 3 aromatic rings. The molecule has 24 heavy (non-hydrogen) atoms. The Morgan fingerprint density at radius 2 is 2.00 bits per heavy atom. The van der Waals surface area contributed by atoms with Gasteiger partial charge in [-0.15, -0.1) is 11.3 Å². The van der Waals surface area contributed by atoms with E-state index in [1.165, 1.54) is 41.9 Å². The van der Waals surface area contributed by atoms with Crippen LogP contribution in [0.2, 0.25) is 0 Å². The van der Waals surface area contributed by atoms with Crippen LogP contribution in [0.4, 0.5) is 9.52 Å². The summed E-state index contributed by atoms with van der Waals surface area (Å²) >= 11 is 1.67. The molecule has 2 aromatic heterocycles. The molecule has 124 valence electrons. The number of rotatable bonds is 5. The Labute approximate surface area is 145 Å². The molecule has 0 bridgehead atoms. The fraction of sp³-hybridized carbons (Fsp3) is 0.316. The average Bonchev–Trinajstić information content (AvgIpc) is 3.19. The largest absolute Gasteiger partial charge is 0.359 e. The van der Waals surface area contributed by atoms with Crippen LogP contribution < -0.4 is 5.32 Å². The summed E-state index contributed by atoms with van der Waals surface area (Å²) in [5.74, 6) is -0.196. The van der Waals surface area contributed by atoms with Crippen LogP contribution in [0.25, 0.3) is 11.3 Å². The van der Waals surface area contributed by atoms with Crippen LogP contribution in [-0.4, -0.2) is 15.6 Å². The van der Waals surface area contributed by atoms with Gasteiger partial charge in [0, 0.05) is 34.9 Å². The van der Waals surface area contributed by atoms with Gasteiger partial charge in [-0.25, -0.2) is 9.37 Å². The number of halogens is 1. The summed E-state index contributed by atoms with van der Waals surface area (Å²) < 4.78 is 15.3. The second-order valence-corrected chi connectivity index (χ2v) is 7.31. The van der Waals surface area contributed by atoms with E-state index in [2.05, 4.69) is 35.2 Å². The van der Waals surface area contributed by atoms with E-state index in [0.717, 1.165) is 22.9 Å². The number of aromatic nitrogens is 2. The maximum absolute atomic E-state index is 13.1. The molecule has 0 radical (unpaired) electrons. The van der Waals surface area contributed by atoms with Gasteiger partial charge in [-0.05, 0) is 50.5 Å². The van der Waals surface area contributed by atoms with Gasteiger partial charge in [0.2, 0.25) is 0 Å². The number of nitrogens with one attached hydrogen (secondary N) is 1. The van der Waals surface area contributed by atoms with E-state index in [1.54, 1.807) is 11.3 Å². The Kier molecular flexibility index (Phi) is 3.88. The van der Waals surface area contributed by atoms with Crippen molar-refractivity contribution in [1.82, 2.24) is 9.55 Å². The second kappa shape index (κ2) is 6.06. The summed E-state index contributed by atoms with van der Waals surface area (Å²) in [6, 6.07) is 9.52. The predicted molar refractivity (Wildman–Crippen MR) is 97.2 cm³/mol. The average molecular weight is 341 g/mol. The first-order chi connectivity index (χ1) is 11.6. The summed E-state index contributed by atoms with van der Waals surface area (Å²) in [4.78, 5) is 4.74. The summed E-state index contributed by atoms with van der Waals surface area (Å²) in [6.45, 7) is 4.98. The molecule has 0 saturated heterocycles. The molecule has 2 heterocycles. The van der Waals surface area contributed by atoms with Crippen molar-refractivity contribution in [3.63, 3.8) is 0 Å². The van der Waals surface area contributed by atoms with Gasteiger partial charge in [-0.3, -0.25) is 0 Å². The fourth-order valence-corrected chi connectivity index (χ4v) is 3.73. The standard InChI is InChI=1S/C19H20FN3S/c1-12-9-17(18-11-24-19(22-18)21-16-7-8-16)13(2)23(12)10-14-3-5-15(20)6-4-14/h3-6,9,11,16H,7-8,10H2,1-2H3,(H,21,22). The minimum Gasteiger partial charge on any atom is -0.359 e. The zero-order chi connectivity index (χ0) is 16.7. The highest BCUT2D eigenvalue weighted by Crippen LogP contribution is 2.32. The van der Waals surface area contributed by atoms with E-state index >= 15 is 0 Å². The molecule has 0 spiro atoms. The number of hydrogen-bond donors (Lipinski definition) is 1. The van der Waals surface area contributed by atoms with Crippen LogP contribution in [0.1, 0.15) is 29.8 Å². The lowest BCUT2D eigenvalue weighted by Gasteiger charge is -2.10. The van der Waals surface area contributed by atoms with Crippen LogP contribution in [0.15, 0.2) is 35.7 Å². The third-order valence-corrected chi connectivity index (χ3v) is 5.29. The number of benzene rings is 1. The minimum atomic E-state index is -0.196. The maximum atomic E-state index is 13.1. The number of anilines is 1. The number of aryl methyl sites for hydroxylation is 1. The maximum Gasteiger partial charge on any atom is 0.183 e. The molecule has 0 atom stereocenters. The predicted octanol–water partition coefficient (Wildman–Crippen LogP) is 4.99. The third kappa shape index (κ3) is 3.08. The van der Waals surface area contributed by atoms with Crippen molar-refractivity contribution in [3.05, 3.63) is 58.5 Å². The molecular formula is C19H20FN3S. The third-order valence-electron chi connectivity index (χ3n) is 4.51. The molecule has 1 N–H and O–H groups in total. The lowest BCUT2D eigenvalue weighted by Crippen LogP contribution is -2.04. The van der Waals surface area contributed by atoms with Gasteiger partial charge < -0.3 is 9.88 Å². The summed E-state index contributed by atoms with van der Waals surface area (Å²) in [5, 5.41) is 6.59. The van der Waals surface area contributed by atoms with Crippen LogP contribution in [-0.2, 0) is 6.54 Å². The van der Waals surface area contributed by atoms with E-state index in [1.807, 2.05) is 12.1 Å². The van der Waals surface area contributed by atoms with Crippen molar-refractivity contribution in [2.24, 2.45) is 0 Å². The summed E-state index contributed by atoms with van der Waals surface area (Å²) in [7, 11) is 0. The molecule has 4 rings (SSSR count). The lowest BCUT2D eigenvalue weighted by atomic mass is 10.2. The van der Waals surface area contributed by atoms with Gasteiger partial charge in [0.15, 0.2) is 5.13 Å². The zero-order valence-electron chi connectivity index (χ0n) is 13.8. The Hall–Kier alpha value is -2.14. The number of hydrogen-bond acceptors (Lipinski definition) is 3. The van der Waals surface area contributed by atoms with Crippen molar-refractivity contribution in [2.45, 2.75) is 39.3 Å². The first-order valence-corrected chi connectivity index (χ1v) is 9.12. The normalized spacial score (nSPS) is 14.1. The Morgan fingerprint density at radius 3 is 2.71 bits per heavy atom. The van der Waals surface area contributed by atoms with E-state index in [4.69, 9.17) is 4.98 Å². The van der Waals surface area contributed by atoms with Crippen LogP contribution in [0, 0.1) is 19.7 Å². The van der Waals surface area contributed by atoms with Crippen molar-refractivity contribution >= 4 is 16.5 Å². The van der Waals surface area contributed by atoms with Crippen LogP contribution in [0.3, 0.4) is 0 Å². The first-order valence-electron chi connectivity index (χ1n) is 8.24. The highest BCUT2D eigenvalue weighted by atomic mass is 32.1. The topological polar surface area (TPSA) is 29.9 Å². The van der Waals surface area contributed by atoms with Gasteiger partial charge in [0.05, 0.1) is 5.69 Å². The molecule has 1 aliphatic carbocycles. The van der Waals surface area contributed by atoms with E-state index < -0.39 is 0 Å². The summed E-state index contributed by atoms with van der Waals surface area (Å²) in [5.41, 5.74) is 5.69. The van der Waals surface area contributed by atoms with E-state index in [9.17, 15) is 4.39 Å². The highest BCUT2D eigenvalue weighted by Gasteiger charge is 2.22. The van der Waals surface area contributed by atoms with Gasteiger partial charge >= 0.3 is 0 Å². The molecule has 5 heteroatoms. The van der Waals surface area contributed by atoms with Gasteiger partial charge in [-0.1, -0.05) is 12.1 Å². The van der Waals surface area contributed by atoms with Gasteiger partial charge in [0.25, 0.3) is 0 Å². The van der Waals surface area contributed by atoms with Gasteiger partial charge in [0.1, 0.15) is 5.82 Å². The van der Waals surface area contributed by atoms with Gasteiger partial charge in [-0.2, -0.15) is 0 Å². The highest BCUT2D eigenvalue weighted by molar-refractivity contribution is 7.14. The Bertz CT molecular complexity index is 859. The second-order valence-electron chi connectivity index (χ2n) is 6.45. The number of nitrogens with zero attached hydrogens (tertiary/aromatic N) is 2. The molecule has 0 unspecified atom stereocenters. The molecule has 3 nitrogen and oxygen atoms in total. The van der Waals surface area contributed by atoms with Crippen molar-refractivity contribution < 1.29 is 4.39 Å². The van der Waals surface area contributed by atoms with Crippen LogP contribution in [0.5, 0.6) is 0 Å². The van der Waals surface area contributed by atoms with Crippen molar-refractivity contribution in [1.29, 1.82) is 0 Å². The molecule has 1 aromatic carbocycles. The molecular weight excluding hydrogens is 321 g/mol. The monoisotopic (exact) mass is 341 g/mol. The van der Waals surface area contributed by atoms with E-state index in [-0.39, 0.29) is 5.82 Å². The molecule has 0 aliphatic heterocycles. The zero-order valence-corrected chi connectivity index (χ0v) is 14.7. The molecule has 1 aliphatic rings. The summed E-state index contributed by atoms with van der Waals surface area (Å²) in [6.07, 6.45) is 2.50. The lowest BCUT2D eigenvalue weighted by molar-refractivity contribution is 0.626. The fourth-order valence-electron chi connectivity index (χ4n) is 2.94. The van der Waals surface area contributed by atoms with Crippen LogP contribution >= 0.6 is 11.3 Å². The SMILES string of the molecule is Cc1cc(-c2csc(NC3CC3)n2)c(C)n1Cc1ccc(F)cc1. The molecule has 0 amide bonds. The van der Waals surface area contributed by atoms with E-state index in [0.29, 0.717) is 6.04 Å². The first kappa shape index (κ1) is 15.4. The Morgan fingerprint density at radius 1 is 1.25 bits per heavy atom. The Balaban J connectivity index is 1.60. The van der Waals surface area contributed by atoms with Crippen molar-refractivity contribution in [2.75, 3.05) is 5.32 Å². The van der Waals surface area contributed by atoms with Crippen molar-refractivity contribution in [3.8, 4) is 11.3 Å². The molecule has 1 fully saturated rings. The quantitative estimate of drug-likeness (QED) is 0.708. The minimum absolute atomic E-state index is 0.196. The smallest absolute Gasteiger partial charge is 0.183 e. The number of thiazole rings is 1. The molecule has 1 saturated carbocycles.